The van der Waals surface area contributed by atoms with Crippen LogP contribution in [-0.2, 0) is 0 Å². The van der Waals surface area contributed by atoms with Gasteiger partial charge in [0, 0.05) is 0 Å². The van der Waals surface area contributed by atoms with E-state index >= 15 is 0 Å². The zero-order valence-electron chi connectivity index (χ0n) is 16.9. The van der Waals surface area contributed by atoms with E-state index in [-0.39, 0.29) is 5.78 Å². The largest absolute Gasteiger partial charge is 0.374 e. The van der Waals surface area contributed by atoms with Crippen molar-refractivity contribution in [1.82, 2.24) is 9.13 Å². The molecule has 152 valence electrons. The predicted molar refractivity (Wildman–Crippen MR) is 117 cm³/mol. The average molecular weight is 400 g/mol. The molecule has 0 bridgehead atoms. The van der Waals surface area contributed by atoms with Gasteiger partial charge in [0.15, 0.2) is 0 Å². The summed E-state index contributed by atoms with van der Waals surface area (Å²) in [4.78, 5) is 13.5. The second-order valence-corrected chi connectivity index (χ2v) is 7.27. The topological polar surface area (TPSA) is 67.4 Å². The molecule has 2 N–H and O–H groups in total. The Morgan fingerprint density at radius 1 is 0.633 bits per heavy atom. The van der Waals surface area contributed by atoms with Crippen LogP contribution in [0.4, 0.5) is 0 Å². The van der Waals surface area contributed by atoms with Crippen LogP contribution in [0.5, 0.6) is 0 Å². The zero-order chi connectivity index (χ0) is 21.3. The molecule has 0 aliphatic heterocycles. The maximum Gasteiger partial charge on any atom is 0.225 e. The minimum Gasteiger partial charge on any atom is -0.374 e. The van der Waals surface area contributed by atoms with E-state index in [0.29, 0.717) is 11.4 Å². The van der Waals surface area contributed by atoms with E-state index in [9.17, 15) is 15.0 Å². The second kappa shape index (κ2) is 8.14. The first-order chi connectivity index (χ1) is 14.5. The van der Waals surface area contributed by atoms with Gasteiger partial charge in [0.05, 0.1) is 22.8 Å². The molecule has 0 saturated heterocycles. The van der Waals surface area contributed by atoms with Gasteiger partial charge >= 0.3 is 0 Å². The van der Waals surface area contributed by atoms with Crippen LogP contribution in [0.1, 0.15) is 42.5 Å². The molecule has 2 heterocycles. The molecule has 2 aromatic heterocycles. The van der Waals surface area contributed by atoms with E-state index in [0.717, 1.165) is 22.5 Å². The van der Waals surface area contributed by atoms with Crippen LogP contribution in [0, 0.1) is 0 Å². The van der Waals surface area contributed by atoms with Crippen LogP contribution in [0.15, 0.2) is 84.9 Å². The van der Waals surface area contributed by atoms with E-state index in [1.165, 1.54) is 0 Å². The quantitative estimate of drug-likeness (QED) is 0.454. The van der Waals surface area contributed by atoms with Crippen molar-refractivity contribution in [1.29, 1.82) is 0 Å². The Balaban J connectivity index is 1.83. The summed E-state index contributed by atoms with van der Waals surface area (Å²) < 4.78 is 3.25. The molecule has 0 fully saturated rings. The highest BCUT2D eigenvalue weighted by molar-refractivity contribution is 6.08. The molecule has 2 unspecified atom stereocenters. The van der Waals surface area contributed by atoms with Gasteiger partial charge in [0.25, 0.3) is 0 Å². The van der Waals surface area contributed by atoms with Crippen molar-refractivity contribution in [3.8, 4) is 22.5 Å². The van der Waals surface area contributed by atoms with Gasteiger partial charge in [-0.1, -0.05) is 60.7 Å². The van der Waals surface area contributed by atoms with Crippen LogP contribution in [0.2, 0.25) is 0 Å². The molecule has 0 aliphatic carbocycles. The second-order valence-electron chi connectivity index (χ2n) is 7.27. The van der Waals surface area contributed by atoms with E-state index < -0.39 is 12.5 Å². The highest BCUT2D eigenvalue weighted by Gasteiger charge is 2.25. The van der Waals surface area contributed by atoms with Crippen molar-refractivity contribution in [3.05, 3.63) is 96.3 Å². The number of hydrogen-bond acceptors (Lipinski definition) is 3. The van der Waals surface area contributed by atoms with Gasteiger partial charge in [-0.05, 0) is 49.2 Å². The molecule has 5 nitrogen and oxygen atoms in total. The molecular formula is C25H24N2O3. The first-order valence-corrected chi connectivity index (χ1v) is 9.93. The first kappa shape index (κ1) is 19.9. The van der Waals surface area contributed by atoms with Crippen molar-refractivity contribution in [2.45, 2.75) is 26.3 Å². The Morgan fingerprint density at radius 3 is 1.33 bits per heavy atom. The number of carbonyl (C=O) groups excluding carboxylic acids is 1. The number of aliphatic hydroxyl groups is 2. The van der Waals surface area contributed by atoms with E-state index in [1.807, 2.05) is 72.8 Å². The van der Waals surface area contributed by atoms with Crippen molar-refractivity contribution in [2.24, 2.45) is 0 Å². The number of aliphatic hydroxyl groups excluding tert-OH is 2. The Morgan fingerprint density at radius 2 is 1.00 bits per heavy atom. The fraction of sp³-hybridized carbons (Fsp3) is 0.160. The monoisotopic (exact) mass is 400 g/mol. The Labute approximate surface area is 175 Å². The van der Waals surface area contributed by atoms with Crippen LogP contribution >= 0.6 is 0 Å². The lowest BCUT2D eigenvalue weighted by Crippen LogP contribution is -2.19. The number of hydrogen-bond donors (Lipinski definition) is 2. The third kappa shape index (κ3) is 3.49. The van der Waals surface area contributed by atoms with Crippen molar-refractivity contribution in [3.63, 3.8) is 0 Å². The lowest BCUT2D eigenvalue weighted by Gasteiger charge is -2.19. The summed E-state index contributed by atoms with van der Waals surface area (Å²) in [5.41, 5.74) is 4.06. The van der Waals surface area contributed by atoms with Crippen LogP contribution < -0.4 is 0 Å². The third-order valence-electron chi connectivity index (χ3n) is 5.19. The summed E-state index contributed by atoms with van der Waals surface area (Å²) in [6.45, 7) is 3.26. The maximum atomic E-state index is 13.5. The van der Waals surface area contributed by atoms with Gasteiger partial charge in [0.2, 0.25) is 5.78 Å². The lowest BCUT2D eigenvalue weighted by atomic mass is 10.1. The Kier molecular flexibility index (Phi) is 5.40. The van der Waals surface area contributed by atoms with E-state index in [1.54, 1.807) is 35.1 Å². The molecule has 0 amide bonds. The summed E-state index contributed by atoms with van der Waals surface area (Å²) in [6.07, 6.45) is -1.78. The van der Waals surface area contributed by atoms with Gasteiger partial charge in [-0.25, -0.2) is 0 Å². The summed E-state index contributed by atoms with van der Waals surface area (Å²) >= 11 is 0. The smallest absolute Gasteiger partial charge is 0.225 e. The average Bonchev–Trinajstić information content (AvgIpc) is 3.40. The SMILES string of the molecule is CC(O)n1c(C(=O)c2ccc(-c3ccccc3)n2C(C)O)ccc1-c1ccccc1. The van der Waals surface area contributed by atoms with Gasteiger partial charge < -0.3 is 19.3 Å². The van der Waals surface area contributed by atoms with Gasteiger partial charge in [-0.15, -0.1) is 0 Å². The summed E-state index contributed by atoms with van der Waals surface area (Å²) in [7, 11) is 0. The molecule has 0 saturated carbocycles. The van der Waals surface area contributed by atoms with Gasteiger partial charge in [-0.2, -0.15) is 0 Å². The van der Waals surface area contributed by atoms with Crippen molar-refractivity contribution >= 4 is 5.78 Å². The van der Waals surface area contributed by atoms with Crippen LogP contribution in [0.25, 0.3) is 22.5 Å². The molecule has 5 heteroatoms. The van der Waals surface area contributed by atoms with Gasteiger partial charge in [-0.3, -0.25) is 4.79 Å². The van der Waals surface area contributed by atoms with E-state index in [4.69, 9.17) is 0 Å². The third-order valence-corrected chi connectivity index (χ3v) is 5.19. The summed E-state index contributed by atoms with van der Waals surface area (Å²) in [5, 5.41) is 20.9. The zero-order valence-corrected chi connectivity index (χ0v) is 16.9. The Hall–Kier alpha value is -3.41. The fourth-order valence-electron chi connectivity index (χ4n) is 3.89. The highest BCUT2D eigenvalue weighted by atomic mass is 16.3. The number of ketones is 1. The molecule has 4 aromatic rings. The highest BCUT2D eigenvalue weighted by Crippen LogP contribution is 2.30. The summed E-state index contributed by atoms with van der Waals surface area (Å²) in [6, 6.07) is 26.4. The van der Waals surface area contributed by atoms with Gasteiger partial charge in [0.1, 0.15) is 12.5 Å². The number of benzene rings is 2. The van der Waals surface area contributed by atoms with Crippen molar-refractivity contribution < 1.29 is 15.0 Å². The molecule has 0 radical (unpaired) electrons. The number of nitrogens with zero attached hydrogens (tertiary/aromatic N) is 2. The molecule has 2 aromatic carbocycles. The molecular weight excluding hydrogens is 376 g/mol. The summed E-state index contributed by atoms with van der Waals surface area (Å²) in [5.74, 6) is -0.263. The fourth-order valence-corrected chi connectivity index (χ4v) is 3.89. The number of aromatic nitrogens is 2. The van der Waals surface area contributed by atoms with Crippen LogP contribution in [0.3, 0.4) is 0 Å². The molecule has 0 aliphatic rings. The van der Waals surface area contributed by atoms with Crippen molar-refractivity contribution in [2.75, 3.05) is 0 Å². The number of carbonyl (C=O) groups is 1. The molecule has 30 heavy (non-hydrogen) atoms. The molecule has 2 atom stereocenters. The predicted octanol–water partition coefficient (Wildman–Crippen LogP) is 4.88. The maximum absolute atomic E-state index is 13.5. The number of rotatable bonds is 6. The minimum atomic E-state index is -0.891. The Bertz CT molecular complexity index is 1060. The molecule has 0 spiro atoms. The first-order valence-electron chi connectivity index (χ1n) is 9.93. The standard InChI is InChI=1S/C25H24N2O3/c1-17(28)26-21(19-9-5-3-6-10-19)13-15-23(26)25(30)24-16-14-22(27(24)18(2)29)20-11-7-4-8-12-20/h3-18,28-29H,1-2H3. The minimum absolute atomic E-state index is 0.263. The van der Waals surface area contributed by atoms with E-state index in [2.05, 4.69) is 0 Å². The lowest BCUT2D eigenvalue weighted by molar-refractivity contribution is 0.0919. The molecule has 4 rings (SSSR count). The normalized spacial score (nSPS) is 13.2. The van der Waals surface area contributed by atoms with Crippen LogP contribution in [-0.4, -0.2) is 25.1 Å².